The first-order chi connectivity index (χ1) is 12.5. The van der Waals surface area contributed by atoms with E-state index in [9.17, 15) is 9.59 Å². The van der Waals surface area contributed by atoms with Gasteiger partial charge >= 0.3 is 0 Å². The maximum atomic E-state index is 12.4. The number of halogens is 1. The summed E-state index contributed by atoms with van der Waals surface area (Å²) >= 11 is 7.32. The summed E-state index contributed by atoms with van der Waals surface area (Å²) in [5, 5.41) is 5.90. The third kappa shape index (κ3) is 6.61. The van der Waals surface area contributed by atoms with Gasteiger partial charge in [-0.25, -0.2) is 0 Å². The highest BCUT2D eigenvalue weighted by Crippen LogP contribution is 2.26. The number of likely N-dealkylation sites (N-methyl/N-ethyl adjacent to an activating group) is 1. The minimum Gasteiger partial charge on any atom is -0.484 e. The SMILES string of the molecule is CCNC(=O)COc1cccc(NC(=O)C(C)Sc2ccc(Cl)cc2)c1. The van der Waals surface area contributed by atoms with E-state index < -0.39 is 0 Å². The number of hydrogen-bond donors (Lipinski definition) is 2. The van der Waals surface area contributed by atoms with Crippen LogP contribution in [0, 0.1) is 0 Å². The Morgan fingerprint density at radius 2 is 1.92 bits per heavy atom. The Morgan fingerprint density at radius 1 is 1.19 bits per heavy atom. The van der Waals surface area contributed by atoms with Crippen LogP contribution in [-0.2, 0) is 9.59 Å². The van der Waals surface area contributed by atoms with Gasteiger partial charge in [-0.1, -0.05) is 17.7 Å². The van der Waals surface area contributed by atoms with Gasteiger partial charge in [0, 0.05) is 28.2 Å². The number of carbonyl (C=O) groups excluding carboxylic acids is 2. The molecule has 0 saturated carbocycles. The van der Waals surface area contributed by atoms with Crippen molar-refractivity contribution in [3.05, 3.63) is 53.6 Å². The van der Waals surface area contributed by atoms with E-state index in [-0.39, 0.29) is 23.7 Å². The molecule has 2 aromatic rings. The Labute approximate surface area is 162 Å². The van der Waals surface area contributed by atoms with Crippen LogP contribution in [0.3, 0.4) is 0 Å². The van der Waals surface area contributed by atoms with Gasteiger partial charge in [0.05, 0.1) is 5.25 Å². The topological polar surface area (TPSA) is 67.4 Å². The highest BCUT2D eigenvalue weighted by atomic mass is 35.5. The zero-order valence-electron chi connectivity index (χ0n) is 14.6. The number of amides is 2. The molecule has 2 N–H and O–H groups in total. The number of ether oxygens (including phenoxy) is 1. The van der Waals surface area contributed by atoms with E-state index in [1.54, 1.807) is 36.4 Å². The first-order valence-corrected chi connectivity index (χ1v) is 9.46. The molecule has 0 aliphatic rings. The third-order valence-electron chi connectivity index (χ3n) is 3.34. The Hall–Kier alpha value is -2.18. The standard InChI is InChI=1S/C19H21ClN2O3S/c1-3-21-18(23)12-25-16-6-4-5-15(11-16)22-19(24)13(2)26-17-9-7-14(20)8-10-17/h4-11,13H,3,12H2,1-2H3,(H,21,23)(H,22,24). The molecule has 0 aromatic heterocycles. The van der Waals surface area contributed by atoms with Crippen LogP contribution >= 0.6 is 23.4 Å². The monoisotopic (exact) mass is 392 g/mol. The number of benzene rings is 2. The van der Waals surface area contributed by atoms with Gasteiger partial charge in [-0.05, 0) is 50.2 Å². The molecule has 26 heavy (non-hydrogen) atoms. The Bertz CT molecular complexity index is 753. The Morgan fingerprint density at radius 3 is 2.62 bits per heavy atom. The van der Waals surface area contributed by atoms with Crippen molar-refractivity contribution in [1.29, 1.82) is 0 Å². The normalized spacial score (nSPS) is 11.5. The molecule has 0 aliphatic carbocycles. The van der Waals surface area contributed by atoms with Gasteiger partial charge in [0.15, 0.2) is 6.61 Å². The van der Waals surface area contributed by atoms with Crippen LogP contribution in [-0.4, -0.2) is 30.2 Å². The molecule has 0 aliphatic heterocycles. The third-order valence-corrected chi connectivity index (χ3v) is 4.71. The summed E-state index contributed by atoms with van der Waals surface area (Å²) in [6, 6.07) is 14.3. The van der Waals surface area contributed by atoms with Gasteiger partial charge in [0.25, 0.3) is 5.91 Å². The predicted molar refractivity (Wildman–Crippen MR) is 106 cm³/mol. The molecular formula is C19H21ClN2O3S. The molecule has 1 unspecified atom stereocenters. The molecule has 0 spiro atoms. The molecular weight excluding hydrogens is 372 g/mol. The van der Waals surface area contributed by atoms with Crippen LogP contribution in [0.4, 0.5) is 5.69 Å². The predicted octanol–water partition coefficient (Wildman–Crippen LogP) is 3.97. The lowest BCUT2D eigenvalue weighted by Crippen LogP contribution is -2.28. The van der Waals surface area contributed by atoms with Crippen LogP contribution < -0.4 is 15.4 Å². The summed E-state index contributed by atoms with van der Waals surface area (Å²) in [6.07, 6.45) is 0. The van der Waals surface area contributed by atoms with Gasteiger partial charge in [0.2, 0.25) is 5.91 Å². The summed E-state index contributed by atoms with van der Waals surface area (Å²) in [6.45, 7) is 4.18. The van der Waals surface area contributed by atoms with Crippen LogP contribution in [0.2, 0.25) is 5.02 Å². The second kappa shape index (κ2) is 10.1. The molecule has 0 radical (unpaired) electrons. The van der Waals surface area contributed by atoms with Crippen molar-refractivity contribution in [3.63, 3.8) is 0 Å². The molecule has 0 heterocycles. The van der Waals surface area contributed by atoms with E-state index in [2.05, 4.69) is 10.6 Å². The smallest absolute Gasteiger partial charge is 0.257 e. The van der Waals surface area contributed by atoms with Crippen molar-refractivity contribution in [3.8, 4) is 5.75 Å². The van der Waals surface area contributed by atoms with E-state index in [1.807, 2.05) is 26.0 Å². The Kier molecular flexibility index (Phi) is 7.81. The summed E-state index contributed by atoms with van der Waals surface area (Å²) < 4.78 is 5.43. The van der Waals surface area contributed by atoms with Crippen molar-refractivity contribution in [2.45, 2.75) is 24.0 Å². The zero-order valence-corrected chi connectivity index (χ0v) is 16.2. The molecule has 7 heteroatoms. The fraction of sp³-hybridized carbons (Fsp3) is 0.263. The van der Waals surface area contributed by atoms with Gasteiger partial charge in [-0.2, -0.15) is 0 Å². The number of anilines is 1. The quantitative estimate of drug-likeness (QED) is 0.667. The molecule has 0 bridgehead atoms. The van der Waals surface area contributed by atoms with Crippen LogP contribution in [0.15, 0.2) is 53.4 Å². The molecule has 2 aromatic carbocycles. The largest absolute Gasteiger partial charge is 0.484 e. The highest BCUT2D eigenvalue weighted by Gasteiger charge is 2.15. The van der Waals surface area contributed by atoms with Gasteiger partial charge in [-0.15, -0.1) is 11.8 Å². The molecule has 2 rings (SSSR count). The summed E-state index contributed by atoms with van der Waals surface area (Å²) in [7, 11) is 0. The van der Waals surface area contributed by atoms with E-state index >= 15 is 0 Å². The van der Waals surface area contributed by atoms with Crippen LogP contribution in [0.25, 0.3) is 0 Å². The van der Waals surface area contributed by atoms with E-state index in [0.717, 1.165) is 4.90 Å². The van der Waals surface area contributed by atoms with Gasteiger partial charge in [0.1, 0.15) is 5.75 Å². The molecule has 2 amide bonds. The molecule has 5 nitrogen and oxygen atoms in total. The maximum Gasteiger partial charge on any atom is 0.257 e. The second-order valence-corrected chi connectivity index (χ2v) is 7.32. The number of rotatable bonds is 8. The lowest BCUT2D eigenvalue weighted by Gasteiger charge is -2.13. The van der Waals surface area contributed by atoms with Gasteiger partial charge < -0.3 is 15.4 Å². The van der Waals surface area contributed by atoms with E-state index in [1.165, 1.54) is 11.8 Å². The molecule has 1 atom stereocenters. The first-order valence-electron chi connectivity index (χ1n) is 8.20. The molecule has 0 saturated heterocycles. The maximum absolute atomic E-state index is 12.4. The number of hydrogen-bond acceptors (Lipinski definition) is 4. The van der Waals surface area contributed by atoms with Crippen LogP contribution in [0.1, 0.15) is 13.8 Å². The highest BCUT2D eigenvalue weighted by molar-refractivity contribution is 8.00. The van der Waals surface area contributed by atoms with Crippen molar-refractivity contribution >= 4 is 40.9 Å². The summed E-state index contributed by atoms with van der Waals surface area (Å²) in [5.41, 5.74) is 0.618. The summed E-state index contributed by atoms with van der Waals surface area (Å²) in [4.78, 5) is 24.8. The van der Waals surface area contributed by atoms with Crippen molar-refractivity contribution in [2.75, 3.05) is 18.5 Å². The van der Waals surface area contributed by atoms with Gasteiger partial charge in [-0.3, -0.25) is 9.59 Å². The molecule has 0 fully saturated rings. The average Bonchev–Trinajstić information content (AvgIpc) is 2.62. The fourth-order valence-corrected chi connectivity index (χ4v) is 3.07. The lowest BCUT2D eigenvalue weighted by molar-refractivity contribution is -0.123. The Balaban J connectivity index is 1.90. The minimum atomic E-state index is -0.281. The average molecular weight is 393 g/mol. The number of thioether (sulfide) groups is 1. The molecule has 138 valence electrons. The van der Waals surface area contributed by atoms with Crippen molar-refractivity contribution in [2.24, 2.45) is 0 Å². The van der Waals surface area contributed by atoms with E-state index in [0.29, 0.717) is 23.0 Å². The first kappa shape index (κ1) is 20.1. The fourth-order valence-electron chi connectivity index (χ4n) is 2.08. The number of nitrogens with one attached hydrogen (secondary N) is 2. The second-order valence-electron chi connectivity index (χ2n) is 5.47. The summed E-state index contributed by atoms with van der Waals surface area (Å²) in [5.74, 6) is 0.216. The van der Waals surface area contributed by atoms with Crippen molar-refractivity contribution in [1.82, 2.24) is 5.32 Å². The lowest BCUT2D eigenvalue weighted by atomic mass is 10.3. The minimum absolute atomic E-state index is 0.0614. The number of carbonyl (C=O) groups is 2. The van der Waals surface area contributed by atoms with Crippen molar-refractivity contribution < 1.29 is 14.3 Å². The van der Waals surface area contributed by atoms with Crippen LogP contribution in [0.5, 0.6) is 5.75 Å². The zero-order chi connectivity index (χ0) is 18.9. The van der Waals surface area contributed by atoms with E-state index in [4.69, 9.17) is 16.3 Å².